The highest BCUT2D eigenvalue weighted by Crippen LogP contribution is 2.45. The molecule has 2 aromatic carbocycles. The van der Waals surface area contributed by atoms with Crippen LogP contribution in [0.5, 0.6) is 0 Å². The minimum Gasteiger partial charge on any atom is -0.588 e. The Hall–Kier alpha value is -2.76. The van der Waals surface area contributed by atoms with Crippen molar-refractivity contribution in [2.45, 2.75) is 38.5 Å². The number of hydrogen-bond donors (Lipinski definition) is 2. The second-order valence-corrected chi connectivity index (χ2v) is 8.77. The lowest BCUT2D eigenvalue weighted by atomic mass is 9.90. The fourth-order valence-electron chi connectivity index (χ4n) is 4.13. The number of rotatable bonds is 3. The molecule has 4 rings (SSSR count). The van der Waals surface area contributed by atoms with Gasteiger partial charge in [-0.15, -0.1) is 0 Å². The number of carboxylic acid groups (broad SMARTS) is 1. The van der Waals surface area contributed by atoms with E-state index in [1.165, 1.54) is 0 Å². The van der Waals surface area contributed by atoms with Gasteiger partial charge in [-0.05, 0) is 61.6 Å². The van der Waals surface area contributed by atoms with Crippen molar-refractivity contribution >= 4 is 28.5 Å². The highest BCUT2D eigenvalue weighted by molar-refractivity contribution is 7.89. The van der Waals surface area contributed by atoms with Crippen LogP contribution in [-0.4, -0.2) is 15.6 Å². The average molecular weight is 406 g/mol. The molecule has 0 saturated heterocycles. The Bertz CT molecular complexity index is 1090. The van der Waals surface area contributed by atoms with E-state index in [-0.39, 0.29) is 6.42 Å². The van der Waals surface area contributed by atoms with Crippen molar-refractivity contribution in [3.05, 3.63) is 87.6 Å². The predicted molar refractivity (Wildman–Crippen MR) is 116 cm³/mol. The Kier molecular flexibility index (Phi) is 5.11. The number of carbonyl (C=O) groups is 1. The van der Waals surface area contributed by atoms with Crippen LogP contribution in [0.2, 0.25) is 0 Å². The van der Waals surface area contributed by atoms with E-state index in [1.54, 1.807) is 0 Å². The monoisotopic (exact) mass is 405 g/mol. The average Bonchev–Trinajstić information content (AvgIpc) is 2.79. The topological polar surface area (TPSA) is 72.4 Å². The van der Waals surface area contributed by atoms with Gasteiger partial charge in [0.1, 0.15) is 11.4 Å². The van der Waals surface area contributed by atoms with E-state index in [0.29, 0.717) is 6.42 Å². The van der Waals surface area contributed by atoms with E-state index in [9.17, 15) is 14.5 Å². The fraction of sp³-hybridized carbons (Fsp3) is 0.208. The number of allylic oxidation sites excluding steroid dienone is 4. The van der Waals surface area contributed by atoms with Crippen molar-refractivity contribution in [2.24, 2.45) is 0 Å². The maximum Gasteiger partial charge on any atom is 0.307 e. The summed E-state index contributed by atoms with van der Waals surface area (Å²) in [5, 5.41) is 9.61. The number of fused-ring (bicyclic) bond motifs is 3. The SMILES string of the molecule is CC1=C2C(=C(C)C(CC(=O)O)=C(c3ccc(C)cc3)C1)N[S+]([O-])c1ccccc12. The van der Waals surface area contributed by atoms with Gasteiger partial charge in [0.15, 0.2) is 4.90 Å². The van der Waals surface area contributed by atoms with E-state index in [1.807, 2.05) is 50.2 Å². The summed E-state index contributed by atoms with van der Waals surface area (Å²) in [6.07, 6.45) is 0.569. The number of aryl methyl sites for hydroxylation is 1. The summed E-state index contributed by atoms with van der Waals surface area (Å²) in [6.45, 7) is 6.04. The molecule has 1 unspecified atom stereocenters. The van der Waals surface area contributed by atoms with Gasteiger partial charge in [-0.2, -0.15) is 0 Å². The highest BCUT2D eigenvalue weighted by atomic mass is 32.2. The molecule has 0 amide bonds. The molecular formula is C24H23NO3S. The van der Waals surface area contributed by atoms with Crippen molar-refractivity contribution in [1.82, 2.24) is 4.72 Å². The lowest BCUT2D eigenvalue weighted by Crippen LogP contribution is -2.30. The molecule has 148 valence electrons. The zero-order valence-electron chi connectivity index (χ0n) is 16.7. The van der Waals surface area contributed by atoms with Gasteiger partial charge in [0.2, 0.25) is 0 Å². The van der Waals surface area contributed by atoms with Crippen LogP contribution >= 0.6 is 0 Å². The third-order valence-corrected chi connectivity index (χ3v) is 6.73. The van der Waals surface area contributed by atoms with Gasteiger partial charge >= 0.3 is 5.97 Å². The zero-order valence-corrected chi connectivity index (χ0v) is 17.5. The summed E-state index contributed by atoms with van der Waals surface area (Å²) in [6, 6.07) is 15.9. The first-order valence-corrected chi connectivity index (χ1v) is 10.7. The quantitative estimate of drug-likeness (QED) is 0.705. The van der Waals surface area contributed by atoms with E-state index in [2.05, 4.69) is 23.8 Å². The van der Waals surface area contributed by atoms with E-state index in [4.69, 9.17) is 0 Å². The summed E-state index contributed by atoms with van der Waals surface area (Å²) in [4.78, 5) is 12.5. The molecule has 2 N–H and O–H groups in total. The van der Waals surface area contributed by atoms with Gasteiger partial charge in [-0.25, -0.2) is 4.72 Å². The lowest BCUT2D eigenvalue weighted by molar-refractivity contribution is -0.136. The number of hydrogen-bond acceptors (Lipinski definition) is 3. The molecule has 0 saturated carbocycles. The molecule has 2 aromatic rings. The van der Waals surface area contributed by atoms with Crippen LogP contribution in [0, 0.1) is 6.92 Å². The molecule has 1 heterocycles. The van der Waals surface area contributed by atoms with E-state index >= 15 is 0 Å². The number of benzene rings is 2. The van der Waals surface area contributed by atoms with Gasteiger partial charge in [-0.1, -0.05) is 47.5 Å². The molecule has 1 aliphatic carbocycles. The Morgan fingerprint density at radius 3 is 2.48 bits per heavy atom. The minimum absolute atomic E-state index is 0.0743. The first kappa shape index (κ1) is 19.6. The largest absolute Gasteiger partial charge is 0.588 e. The fourth-order valence-corrected chi connectivity index (χ4v) is 5.26. The lowest BCUT2D eigenvalue weighted by Gasteiger charge is -2.27. The van der Waals surface area contributed by atoms with Crippen LogP contribution in [-0.2, 0) is 16.2 Å². The Morgan fingerprint density at radius 1 is 1.10 bits per heavy atom. The summed E-state index contributed by atoms with van der Waals surface area (Å²) >= 11 is -1.38. The molecule has 29 heavy (non-hydrogen) atoms. The van der Waals surface area contributed by atoms with Crippen LogP contribution in [0.1, 0.15) is 43.4 Å². The van der Waals surface area contributed by atoms with Crippen LogP contribution in [0.25, 0.3) is 11.1 Å². The molecule has 0 radical (unpaired) electrons. The molecule has 1 atom stereocenters. The first-order valence-electron chi connectivity index (χ1n) is 9.57. The molecular weight excluding hydrogens is 382 g/mol. The molecule has 0 spiro atoms. The van der Waals surface area contributed by atoms with E-state index in [0.717, 1.165) is 55.1 Å². The third kappa shape index (κ3) is 3.52. The summed E-state index contributed by atoms with van der Waals surface area (Å²) in [5.74, 6) is -0.872. The number of aliphatic carboxylic acids is 1. The Balaban J connectivity index is 1.98. The third-order valence-electron chi connectivity index (χ3n) is 5.59. The van der Waals surface area contributed by atoms with Crippen LogP contribution in [0.3, 0.4) is 0 Å². The molecule has 2 aliphatic rings. The molecule has 5 heteroatoms. The van der Waals surface area contributed by atoms with Crippen molar-refractivity contribution in [2.75, 3.05) is 0 Å². The maximum absolute atomic E-state index is 12.8. The Morgan fingerprint density at radius 2 is 1.79 bits per heavy atom. The van der Waals surface area contributed by atoms with Gasteiger partial charge in [-0.3, -0.25) is 4.79 Å². The molecule has 4 nitrogen and oxygen atoms in total. The van der Waals surface area contributed by atoms with Crippen LogP contribution < -0.4 is 4.72 Å². The second-order valence-electron chi connectivity index (χ2n) is 7.59. The maximum atomic E-state index is 12.8. The van der Waals surface area contributed by atoms with Crippen LogP contribution in [0.15, 0.2) is 75.8 Å². The second kappa shape index (κ2) is 7.58. The van der Waals surface area contributed by atoms with Crippen molar-refractivity contribution in [3.8, 4) is 0 Å². The zero-order chi connectivity index (χ0) is 20.7. The van der Waals surface area contributed by atoms with Gasteiger partial charge < -0.3 is 9.66 Å². The molecule has 0 aromatic heterocycles. The summed E-state index contributed by atoms with van der Waals surface area (Å²) in [5.41, 5.74) is 8.73. The van der Waals surface area contributed by atoms with E-state index < -0.39 is 17.3 Å². The van der Waals surface area contributed by atoms with Crippen molar-refractivity contribution < 1.29 is 14.5 Å². The standard InChI is InChI=1S/C24H23NO3S/c1-14-8-10-17(11-9-14)20-12-15(2)23-18-6-4-5-7-21(18)29(28)25-24(23)16(3)19(20)13-22(26)27/h4-11,25H,12-13H2,1-3H3,(H,26,27). The molecule has 0 bridgehead atoms. The van der Waals surface area contributed by atoms with Crippen molar-refractivity contribution in [1.29, 1.82) is 0 Å². The summed E-state index contributed by atoms with van der Waals surface area (Å²) in [7, 11) is 0. The number of carboxylic acids is 1. The predicted octanol–water partition coefficient (Wildman–Crippen LogP) is 5.00. The van der Waals surface area contributed by atoms with Crippen molar-refractivity contribution in [3.63, 3.8) is 0 Å². The van der Waals surface area contributed by atoms with Gasteiger partial charge in [0, 0.05) is 11.1 Å². The first-order chi connectivity index (χ1) is 13.9. The van der Waals surface area contributed by atoms with Gasteiger partial charge in [0.25, 0.3) is 0 Å². The van der Waals surface area contributed by atoms with Crippen LogP contribution in [0.4, 0.5) is 0 Å². The smallest absolute Gasteiger partial charge is 0.307 e. The Labute approximate surface area is 174 Å². The highest BCUT2D eigenvalue weighted by Gasteiger charge is 2.34. The normalized spacial score (nSPS) is 18.8. The number of nitrogens with one attached hydrogen (secondary N) is 1. The molecule has 0 fully saturated rings. The van der Waals surface area contributed by atoms with Gasteiger partial charge in [0.05, 0.1) is 12.1 Å². The summed E-state index contributed by atoms with van der Waals surface area (Å²) < 4.78 is 16.0. The molecule has 1 aliphatic heterocycles. The minimum atomic E-state index is -1.38.